The summed E-state index contributed by atoms with van der Waals surface area (Å²) in [5.74, 6) is 2.49. The van der Waals surface area contributed by atoms with Crippen LogP contribution in [-0.2, 0) is 4.79 Å². The minimum atomic E-state index is -0.805. The highest BCUT2D eigenvalue weighted by atomic mass is 16.3. The molecule has 0 aliphatic heterocycles. The predicted octanol–water partition coefficient (Wildman–Crippen LogP) is 4.87. The number of allylic oxidation sites excluding steroid dienone is 1. The summed E-state index contributed by atoms with van der Waals surface area (Å²) in [6.07, 6.45) is 12.7. The summed E-state index contributed by atoms with van der Waals surface area (Å²) >= 11 is 0. The molecule has 0 spiro atoms. The zero-order valence-electron chi connectivity index (χ0n) is 20.3. The average Bonchev–Trinajstić information content (AvgIpc) is 3.08. The number of anilines is 1. The van der Waals surface area contributed by atoms with Gasteiger partial charge in [-0.05, 0) is 92.4 Å². The lowest BCUT2D eigenvalue weighted by Crippen LogP contribution is -2.52. The number of fused-ring (bicyclic) bond motifs is 5. The molecule has 0 amide bonds. The van der Waals surface area contributed by atoms with Gasteiger partial charge in [0.2, 0.25) is 0 Å². The molecule has 5 rings (SSSR count). The quantitative estimate of drug-likeness (QED) is 0.644. The van der Waals surface area contributed by atoms with E-state index in [9.17, 15) is 15.0 Å². The second kappa shape index (κ2) is 8.39. The van der Waals surface area contributed by atoms with Crippen molar-refractivity contribution in [3.8, 4) is 0 Å². The van der Waals surface area contributed by atoms with Gasteiger partial charge in [-0.1, -0.05) is 36.8 Å². The summed E-state index contributed by atoms with van der Waals surface area (Å²) < 4.78 is 0. The summed E-state index contributed by atoms with van der Waals surface area (Å²) in [5.41, 5.74) is 2.77. The van der Waals surface area contributed by atoms with Crippen LogP contribution >= 0.6 is 0 Å². The van der Waals surface area contributed by atoms with Crippen LogP contribution < -0.4 is 4.90 Å². The maximum absolute atomic E-state index is 13.1. The Balaban J connectivity index is 1.39. The monoisotopic (exact) mass is 449 g/mol. The van der Waals surface area contributed by atoms with Gasteiger partial charge in [0.15, 0.2) is 5.78 Å². The minimum Gasteiger partial charge on any atom is -0.392 e. The van der Waals surface area contributed by atoms with E-state index in [1.54, 1.807) is 6.08 Å². The highest BCUT2D eigenvalue weighted by Crippen LogP contribution is 2.65. The van der Waals surface area contributed by atoms with E-state index in [0.717, 1.165) is 56.2 Å². The molecule has 0 aromatic heterocycles. The first kappa shape index (κ1) is 22.9. The molecule has 7 atom stereocenters. The van der Waals surface area contributed by atoms with Gasteiger partial charge in [0, 0.05) is 31.1 Å². The van der Waals surface area contributed by atoms with Crippen LogP contribution in [0.2, 0.25) is 0 Å². The Hall–Kier alpha value is -1.91. The molecular weight excluding hydrogens is 410 g/mol. The number of ketones is 1. The molecule has 4 aliphatic rings. The van der Waals surface area contributed by atoms with Crippen LogP contribution in [0.1, 0.15) is 63.4 Å². The smallest absolute Gasteiger partial charge is 0.163 e. The Bertz CT molecular complexity index is 964. The number of carbonyl (C=O) groups is 1. The Morgan fingerprint density at radius 2 is 1.85 bits per heavy atom. The van der Waals surface area contributed by atoms with Crippen LogP contribution in [0.4, 0.5) is 5.69 Å². The maximum atomic E-state index is 13.1. The largest absolute Gasteiger partial charge is 0.392 e. The third-order valence-electron chi connectivity index (χ3n) is 9.94. The van der Waals surface area contributed by atoms with Gasteiger partial charge >= 0.3 is 0 Å². The van der Waals surface area contributed by atoms with Crippen molar-refractivity contribution in [3.63, 3.8) is 0 Å². The molecule has 4 aliphatic carbocycles. The van der Waals surface area contributed by atoms with Crippen molar-refractivity contribution in [2.24, 2.45) is 29.1 Å². The Labute approximate surface area is 198 Å². The fourth-order valence-electron chi connectivity index (χ4n) is 8.06. The normalized spacial score (nSPS) is 40.2. The number of nitrogens with zero attached hydrogens (tertiary/aromatic N) is 1. The highest BCUT2D eigenvalue weighted by Gasteiger charge is 2.61. The second-order valence-electron chi connectivity index (χ2n) is 11.5. The third kappa shape index (κ3) is 3.61. The van der Waals surface area contributed by atoms with E-state index in [1.807, 2.05) is 26.2 Å². The van der Waals surface area contributed by atoms with Crippen LogP contribution in [0, 0.1) is 29.1 Å². The molecule has 2 N–H and O–H groups in total. The van der Waals surface area contributed by atoms with Gasteiger partial charge in [-0.2, -0.15) is 0 Å². The zero-order chi connectivity index (χ0) is 23.4. The molecule has 1 aromatic rings. The molecule has 0 heterocycles. The van der Waals surface area contributed by atoms with Crippen molar-refractivity contribution >= 4 is 11.5 Å². The molecule has 4 nitrogen and oxygen atoms in total. The fraction of sp³-hybridized carbons (Fsp3) is 0.621. The highest BCUT2D eigenvalue weighted by molar-refractivity contribution is 5.97. The molecule has 1 aromatic carbocycles. The summed E-state index contributed by atoms with van der Waals surface area (Å²) in [5, 5.41) is 20.8. The van der Waals surface area contributed by atoms with Gasteiger partial charge in [-0.3, -0.25) is 4.79 Å². The van der Waals surface area contributed by atoms with Gasteiger partial charge in [-0.15, -0.1) is 0 Å². The molecule has 178 valence electrons. The van der Waals surface area contributed by atoms with Crippen LogP contribution in [0.5, 0.6) is 0 Å². The molecule has 0 saturated heterocycles. The number of carbonyl (C=O) groups excluding carboxylic acids is 1. The van der Waals surface area contributed by atoms with Crippen molar-refractivity contribution in [1.82, 2.24) is 0 Å². The molecule has 3 saturated carbocycles. The summed E-state index contributed by atoms with van der Waals surface area (Å²) in [6.45, 7) is 2.27. The van der Waals surface area contributed by atoms with Gasteiger partial charge in [0.1, 0.15) is 0 Å². The maximum Gasteiger partial charge on any atom is 0.163 e. The molecule has 4 heteroatoms. The van der Waals surface area contributed by atoms with E-state index >= 15 is 0 Å². The lowest BCUT2D eigenvalue weighted by Gasteiger charge is -2.55. The van der Waals surface area contributed by atoms with E-state index in [0.29, 0.717) is 23.7 Å². The lowest BCUT2D eigenvalue weighted by atomic mass is 9.50. The third-order valence-corrected chi connectivity index (χ3v) is 9.94. The summed E-state index contributed by atoms with van der Waals surface area (Å²) in [7, 11) is 4.08. The number of aliphatic hydroxyl groups is 2. The van der Waals surface area contributed by atoms with Crippen LogP contribution in [0.15, 0.2) is 48.1 Å². The fourth-order valence-corrected chi connectivity index (χ4v) is 8.06. The standard InChI is InChI=1S/C29H39NO3/c1-28-14-11-22-23(26(28)12-15-29(28,33)13-4-16-31)10-7-20-17-27(32)25(18-24(20)22)19-5-8-21(9-6-19)30(2)3/h4-6,8-9,13,17,22-26,31,33H,7,10-12,14-16,18H2,1-3H3/t22-,23+,24-,25?,26-,28-,29-/m0/s1. The number of aliphatic hydroxyl groups excluding tert-OH is 1. The number of hydrogen-bond donors (Lipinski definition) is 2. The minimum absolute atomic E-state index is 0.0176. The lowest BCUT2D eigenvalue weighted by molar-refractivity contribution is -0.118. The SMILES string of the molecule is CN(C)c1ccc(C2C[C@H]3C(=CC2=O)CC[C@@H]2[C@@H]3CC[C@@]3(C)[C@H]2CC[C@@]3(O)C=CCO)cc1. The van der Waals surface area contributed by atoms with Crippen molar-refractivity contribution in [2.45, 2.75) is 63.4 Å². The van der Waals surface area contributed by atoms with E-state index < -0.39 is 5.60 Å². The van der Waals surface area contributed by atoms with Crippen LogP contribution in [0.3, 0.4) is 0 Å². The Kier molecular flexibility index (Phi) is 5.81. The molecular formula is C29H39NO3. The van der Waals surface area contributed by atoms with Gasteiger partial charge in [0.25, 0.3) is 0 Å². The topological polar surface area (TPSA) is 60.8 Å². The number of rotatable bonds is 4. The first-order valence-corrected chi connectivity index (χ1v) is 12.8. The van der Waals surface area contributed by atoms with E-state index in [4.69, 9.17) is 0 Å². The van der Waals surface area contributed by atoms with Crippen molar-refractivity contribution < 1.29 is 15.0 Å². The van der Waals surface area contributed by atoms with E-state index in [-0.39, 0.29) is 23.7 Å². The van der Waals surface area contributed by atoms with Crippen molar-refractivity contribution in [2.75, 3.05) is 25.6 Å². The molecule has 1 unspecified atom stereocenters. The van der Waals surface area contributed by atoms with Crippen LogP contribution in [0.25, 0.3) is 0 Å². The summed E-state index contributed by atoms with van der Waals surface area (Å²) in [4.78, 5) is 15.2. The molecule has 0 radical (unpaired) electrons. The Morgan fingerprint density at radius 3 is 2.55 bits per heavy atom. The van der Waals surface area contributed by atoms with Crippen molar-refractivity contribution in [3.05, 3.63) is 53.6 Å². The molecule has 3 fully saturated rings. The summed E-state index contributed by atoms with van der Waals surface area (Å²) in [6, 6.07) is 8.52. The Morgan fingerprint density at radius 1 is 1.09 bits per heavy atom. The number of benzene rings is 1. The first-order chi connectivity index (χ1) is 15.8. The number of hydrogen-bond acceptors (Lipinski definition) is 4. The average molecular weight is 450 g/mol. The van der Waals surface area contributed by atoms with E-state index in [1.165, 1.54) is 5.57 Å². The van der Waals surface area contributed by atoms with Crippen molar-refractivity contribution in [1.29, 1.82) is 0 Å². The zero-order valence-corrected chi connectivity index (χ0v) is 20.3. The van der Waals surface area contributed by atoms with E-state index in [2.05, 4.69) is 36.1 Å². The van der Waals surface area contributed by atoms with Gasteiger partial charge in [0.05, 0.1) is 12.2 Å². The van der Waals surface area contributed by atoms with Crippen LogP contribution in [-0.4, -0.2) is 42.3 Å². The molecule has 0 bridgehead atoms. The van der Waals surface area contributed by atoms with Gasteiger partial charge < -0.3 is 15.1 Å². The first-order valence-electron chi connectivity index (χ1n) is 12.8. The second-order valence-corrected chi connectivity index (χ2v) is 11.5. The molecule has 33 heavy (non-hydrogen) atoms. The van der Waals surface area contributed by atoms with Gasteiger partial charge in [-0.25, -0.2) is 0 Å². The predicted molar refractivity (Wildman–Crippen MR) is 132 cm³/mol.